The van der Waals surface area contributed by atoms with E-state index in [0.717, 1.165) is 16.2 Å². The van der Waals surface area contributed by atoms with Crippen molar-refractivity contribution in [3.63, 3.8) is 0 Å². The van der Waals surface area contributed by atoms with Gasteiger partial charge in [0.1, 0.15) is 0 Å². The highest BCUT2D eigenvalue weighted by molar-refractivity contribution is 7.15. The van der Waals surface area contributed by atoms with Crippen molar-refractivity contribution < 1.29 is 4.79 Å². The average Bonchev–Trinajstić information content (AvgIpc) is 3.38. The largest absolute Gasteiger partial charge is 0.352 e. The number of halogens is 1. The lowest BCUT2D eigenvalue weighted by molar-refractivity contribution is -0.116. The monoisotopic (exact) mass is 397 g/mol. The second-order valence-corrected chi connectivity index (χ2v) is 7.08. The van der Waals surface area contributed by atoms with E-state index < -0.39 is 0 Å². The minimum atomic E-state index is -0.174. The van der Waals surface area contributed by atoms with Crippen molar-refractivity contribution in [3.05, 3.63) is 76.8 Å². The van der Waals surface area contributed by atoms with Crippen LogP contribution in [0.5, 0.6) is 0 Å². The van der Waals surface area contributed by atoms with Gasteiger partial charge < -0.3 is 5.32 Å². The Morgan fingerprint density at radius 1 is 1.30 bits per heavy atom. The maximum atomic E-state index is 12.1. The van der Waals surface area contributed by atoms with Gasteiger partial charge in [0.15, 0.2) is 10.1 Å². The molecule has 3 aromatic heterocycles. The van der Waals surface area contributed by atoms with Crippen LogP contribution in [-0.4, -0.2) is 31.6 Å². The van der Waals surface area contributed by atoms with E-state index in [0.29, 0.717) is 23.8 Å². The lowest BCUT2D eigenvalue weighted by Gasteiger charge is -2.01. The number of nitrogens with zero attached hydrogens (tertiary/aromatic N) is 4. The maximum Gasteiger partial charge on any atom is 0.244 e. The highest BCUT2D eigenvalue weighted by Gasteiger charge is 2.08. The Balaban J connectivity index is 1.32. The van der Waals surface area contributed by atoms with Crippen LogP contribution in [-0.2, 0) is 11.2 Å². The molecule has 27 heavy (non-hydrogen) atoms. The van der Waals surface area contributed by atoms with E-state index in [9.17, 15) is 4.79 Å². The second-order valence-electron chi connectivity index (χ2n) is 5.85. The van der Waals surface area contributed by atoms with Crippen LogP contribution in [0.2, 0.25) is 5.15 Å². The number of amides is 1. The molecule has 4 rings (SSSR count). The number of thiazole rings is 1. The Morgan fingerprint density at radius 2 is 2.15 bits per heavy atom. The van der Waals surface area contributed by atoms with E-state index in [-0.39, 0.29) is 5.91 Å². The summed E-state index contributed by atoms with van der Waals surface area (Å²) in [5, 5.41) is 9.54. The fraction of sp³-hybridized carbons (Fsp3) is 0.105. The summed E-state index contributed by atoms with van der Waals surface area (Å²) in [6, 6.07) is 9.90. The summed E-state index contributed by atoms with van der Waals surface area (Å²) in [6.45, 7) is 0.525. The number of rotatable bonds is 6. The van der Waals surface area contributed by atoms with Gasteiger partial charge in [-0.3, -0.25) is 9.20 Å². The predicted molar refractivity (Wildman–Crippen MR) is 107 cm³/mol. The van der Waals surface area contributed by atoms with Crippen molar-refractivity contribution in [2.45, 2.75) is 6.42 Å². The summed E-state index contributed by atoms with van der Waals surface area (Å²) >= 11 is 7.61. The molecule has 1 N–H and O–H groups in total. The number of aromatic nitrogens is 4. The molecule has 0 bridgehead atoms. The van der Waals surface area contributed by atoms with Crippen LogP contribution in [0.1, 0.15) is 11.3 Å². The summed E-state index contributed by atoms with van der Waals surface area (Å²) in [5.74, 6) is -0.174. The number of imidazole rings is 1. The molecule has 0 saturated heterocycles. The van der Waals surface area contributed by atoms with Crippen LogP contribution < -0.4 is 5.32 Å². The van der Waals surface area contributed by atoms with Gasteiger partial charge in [0.2, 0.25) is 5.91 Å². The molecule has 136 valence electrons. The minimum absolute atomic E-state index is 0.174. The van der Waals surface area contributed by atoms with Crippen molar-refractivity contribution in [1.29, 1.82) is 0 Å². The highest BCUT2D eigenvalue weighted by atomic mass is 35.5. The molecule has 0 fully saturated rings. The number of para-hydroxylation sites is 1. The fourth-order valence-corrected chi connectivity index (χ4v) is 3.69. The van der Waals surface area contributed by atoms with Crippen LogP contribution in [0.3, 0.4) is 0 Å². The van der Waals surface area contributed by atoms with E-state index in [1.54, 1.807) is 6.08 Å². The zero-order chi connectivity index (χ0) is 18.6. The van der Waals surface area contributed by atoms with Crippen molar-refractivity contribution in [2.24, 2.45) is 0 Å². The zero-order valence-corrected chi connectivity index (χ0v) is 15.8. The zero-order valence-electron chi connectivity index (χ0n) is 14.2. The van der Waals surface area contributed by atoms with Crippen molar-refractivity contribution >= 4 is 39.9 Å². The molecule has 0 saturated carbocycles. The molecule has 0 aliphatic rings. The molecule has 4 aromatic rings. The molecule has 0 atom stereocenters. The van der Waals surface area contributed by atoms with Gasteiger partial charge in [-0.05, 0) is 30.2 Å². The lowest BCUT2D eigenvalue weighted by atomic mass is 10.2. The number of carbonyl (C=O) groups excluding carboxylic acids is 1. The molecular formula is C19H16ClN5OS. The van der Waals surface area contributed by atoms with Crippen molar-refractivity contribution in [1.82, 2.24) is 24.5 Å². The van der Waals surface area contributed by atoms with E-state index in [4.69, 9.17) is 11.6 Å². The van der Waals surface area contributed by atoms with E-state index in [1.807, 2.05) is 63.4 Å². The number of fused-ring (bicyclic) bond motifs is 1. The Bertz CT molecular complexity index is 1100. The molecule has 0 spiro atoms. The number of benzene rings is 1. The van der Waals surface area contributed by atoms with Gasteiger partial charge in [-0.1, -0.05) is 29.8 Å². The molecule has 0 aliphatic heterocycles. The first-order chi connectivity index (χ1) is 13.2. The Morgan fingerprint density at radius 3 is 3.00 bits per heavy atom. The fourth-order valence-electron chi connectivity index (χ4n) is 2.68. The Kier molecular flexibility index (Phi) is 5.04. The summed E-state index contributed by atoms with van der Waals surface area (Å²) in [5.41, 5.74) is 2.77. The van der Waals surface area contributed by atoms with E-state index in [2.05, 4.69) is 15.4 Å². The minimum Gasteiger partial charge on any atom is -0.352 e. The lowest BCUT2D eigenvalue weighted by Crippen LogP contribution is -2.23. The van der Waals surface area contributed by atoms with Crippen LogP contribution in [0.15, 0.2) is 60.4 Å². The predicted octanol–water partition coefficient (Wildman–Crippen LogP) is 3.61. The summed E-state index contributed by atoms with van der Waals surface area (Å²) < 4.78 is 3.68. The molecule has 0 radical (unpaired) electrons. The maximum absolute atomic E-state index is 12.1. The normalized spacial score (nSPS) is 11.4. The van der Waals surface area contributed by atoms with Gasteiger partial charge in [0.05, 0.1) is 17.6 Å². The third-order valence-corrected chi connectivity index (χ3v) is 5.05. The first-order valence-corrected chi connectivity index (χ1v) is 9.62. The van der Waals surface area contributed by atoms with E-state index in [1.165, 1.54) is 17.4 Å². The molecular weight excluding hydrogens is 382 g/mol. The molecule has 0 aliphatic carbocycles. The standard InChI is InChI=1S/C19H16ClN5OS/c20-18-16(24-10-11-27-19(24)23-18)6-7-17(26)21-9-8-14-12-22-25(13-14)15-4-2-1-3-5-15/h1-7,10-13H,8-9H2,(H,21,26)/b7-6+. The molecule has 1 aromatic carbocycles. The highest BCUT2D eigenvalue weighted by Crippen LogP contribution is 2.22. The number of nitrogens with one attached hydrogen (secondary N) is 1. The van der Waals surface area contributed by atoms with Gasteiger partial charge >= 0.3 is 0 Å². The van der Waals surface area contributed by atoms with Crippen molar-refractivity contribution in [2.75, 3.05) is 6.54 Å². The van der Waals surface area contributed by atoms with E-state index >= 15 is 0 Å². The van der Waals surface area contributed by atoms with Crippen LogP contribution in [0.4, 0.5) is 0 Å². The van der Waals surface area contributed by atoms with Gasteiger partial charge in [-0.15, -0.1) is 11.3 Å². The average molecular weight is 398 g/mol. The number of hydrogen-bond donors (Lipinski definition) is 1. The van der Waals surface area contributed by atoms with Gasteiger partial charge in [-0.25, -0.2) is 9.67 Å². The summed E-state index contributed by atoms with van der Waals surface area (Å²) in [4.78, 5) is 17.1. The summed E-state index contributed by atoms with van der Waals surface area (Å²) in [7, 11) is 0. The molecule has 3 heterocycles. The Labute approximate surface area is 164 Å². The molecule has 6 nitrogen and oxygen atoms in total. The second kappa shape index (κ2) is 7.77. The summed E-state index contributed by atoms with van der Waals surface area (Å²) in [6.07, 6.45) is 9.51. The first-order valence-electron chi connectivity index (χ1n) is 8.36. The van der Waals surface area contributed by atoms with Gasteiger partial charge in [0, 0.05) is 30.4 Å². The SMILES string of the molecule is O=C(/C=C/c1c(Cl)nc2sccn12)NCCc1cnn(-c2ccccc2)c1. The smallest absolute Gasteiger partial charge is 0.244 e. The quantitative estimate of drug-likeness (QED) is 0.505. The Hall–Kier alpha value is -2.90. The van der Waals surface area contributed by atoms with Crippen LogP contribution in [0.25, 0.3) is 16.7 Å². The number of hydrogen-bond acceptors (Lipinski definition) is 4. The first kappa shape index (κ1) is 17.5. The third kappa shape index (κ3) is 3.94. The van der Waals surface area contributed by atoms with Crippen molar-refractivity contribution in [3.8, 4) is 5.69 Å². The third-order valence-electron chi connectivity index (χ3n) is 4.02. The van der Waals surface area contributed by atoms with Crippen LogP contribution in [0, 0.1) is 0 Å². The van der Waals surface area contributed by atoms with Gasteiger partial charge in [-0.2, -0.15) is 5.10 Å². The van der Waals surface area contributed by atoms with Gasteiger partial charge in [0.25, 0.3) is 0 Å². The topological polar surface area (TPSA) is 64.2 Å². The molecule has 8 heteroatoms. The van der Waals surface area contributed by atoms with Crippen LogP contribution >= 0.6 is 22.9 Å². The molecule has 1 amide bonds. The number of carbonyl (C=O) groups is 1. The molecule has 0 unspecified atom stereocenters.